The third-order valence-corrected chi connectivity index (χ3v) is 3.50. The lowest BCUT2D eigenvalue weighted by Gasteiger charge is -2.18. The Morgan fingerprint density at radius 2 is 1.88 bits per heavy atom. The molecular weight excluding hydrogens is 232 g/mol. The van der Waals surface area contributed by atoms with Gasteiger partial charge in [0, 0.05) is 4.90 Å². The Morgan fingerprint density at radius 3 is 2.41 bits per heavy atom. The standard InChI is InChI=1S/C13H16N2OS/c1-13(2,3)10-4-6-11(7-5-10)17-8-12-14-9-16-15-12/h4-7,9H,8H2,1-3H3. The smallest absolute Gasteiger partial charge is 0.213 e. The molecule has 0 aliphatic heterocycles. The van der Waals surface area contributed by atoms with E-state index in [4.69, 9.17) is 4.52 Å². The molecule has 3 nitrogen and oxygen atoms in total. The van der Waals surface area contributed by atoms with E-state index < -0.39 is 0 Å². The lowest BCUT2D eigenvalue weighted by molar-refractivity contribution is 0.412. The summed E-state index contributed by atoms with van der Waals surface area (Å²) in [7, 11) is 0. The molecule has 2 rings (SSSR count). The van der Waals surface area contributed by atoms with Crippen LogP contribution in [-0.4, -0.2) is 10.1 Å². The molecule has 4 heteroatoms. The van der Waals surface area contributed by atoms with E-state index in [2.05, 4.69) is 55.2 Å². The zero-order chi connectivity index (χ0) is 12.3. The fourth-order valence-corrected chi connectivity index (χ4v) is 2.21. The first-order chi connectivity index (χ1) is 8.05. The summed E-state index contributed by atoms with van der Waals surface area (Å²) in [6.45, 7) is 6.65. The summed E-state index contributed by atoms with van der Waals surface area (Å²) in [6.07, 6.45) is 1.36. The van der Waals surface area contributed by atoms with Gasteiger partial charge in [-0.05, 0) is 23.1 Å². The number of rotatable bonds is 3. The molecule has 0 bridgehead atoms. The number of aromatic nitrogens is 2. The molecule has 0 amide bonds. The van der Waals surface area contributed by atoms with Crippen molar-refractivity contribution in [2.45, 2.75) is 36.8 Å². The van der Waals surface area contributed by atoms with E-state index in [1.165, 1.54) is 16.9 Å². The van der Waals surface area contributed by atoms with Crippen LogP contribution in [0.15, 0.2) is 40.1 Å². The van der Waals surface area contributed by atoms with Gasteiger partial charge in [0.05, 0.1) is 5.75 Å². The summed E-state index contributed by atoms with van der Waals surface area (Å²) in [5, 5.41) is 3.78. The molecule has 0 atom stereocenters. The van der Waals surface area contributed by atoms with E-state index in [1.807, 2.05) is 0 Å². The highest BCUT2D eigenvalue weighted by Gasteiger charge is 2.12. The Hall–Kier alpha value is -1.29. The van der Waals surface area contributed by atoms with Crippen molar-refractivity contribution in [3.63, 3.8) is 0 Å². The van der Waals surface area contributed by atoms with Crippen LogP contribution in [-0.2, 0) is 11.2 Å². The fraction of sp³-hybridized carbons (Fsp3) is 0.385. The van der Waals surface area contributed by atoms with Crippen molar-refractivity contribution in [2.24, 2.45) is 0 Å². The summed E-state index contributed by atoms with van der Waals surface area (Å²) >= 11 is 1.71. The Kier molecular flexibility index (Phi) is 3.52. The van der Waals surface area contributed by atoms with Crippen molar-refractivity contribution in [1.82, 2.24) is 10.1 Å². The van der Waals surface area contributed by atoms with Gasteiger partial charge in [-0.15, -0.1) is 11.8 Å². The fourth-order valence-electron chi connectivity index (χ4n) is 1.46. The van der Waals surface area contributed by atoms with Crippen molar-refractivity contribution in [3.8, 4) is 0 Å². The minimum Gasteiger partial charge on any atom is -0.343 e. The maximum absolute atomic E-state index is 4.69. The highest BCUT2D eigenvalue weighted by Crippen LogP contribution is 2.26. The van der Waals surface area contributed by atoms with Gasteiger partial charge >= 0.3 is 0 Å². The van der Waals surface area contributed by atoms with Gasteiger partial charge < -0.3 is 4.52 Å². The normalized spacial score (nSPS) is 11.7. The minimum absolute atomic E-state index is 0.205. The van der Waals surface area contributed by atoms with E-state index in [0.717, 1.165) is 11.6 Å². The van der Waals surface area contributed by atoms with Crippen molar-refractivity contribution in [1.29, 1.82) is 0 Å². The predicted molar refractivity (Wildman–Crippen MR) is 69.0 cm³/mol. The van der Waals surface area contributed by atoms with Gasteiger partial charge in [0.25, 0.3) is 0 Å². The van der Waals surface area contributed by atoms with Crippen molar-refractivity contribution in [3.05, 3.63) is 42.0 Å². The molecule has 0 N–H and O–H groups in total. The number of hydrogen-bond donors (Lipinski definition) is 0. The van der Waals surface area contributed by atoms with Gasteiger partial charge in [0.2, 0.25) is 6.39 Å². The second kappa shape index (κ2) is 4.92. The molecule has 1 aromatic carbocycles. The molecule has 0 radical (unpaired) electrons. The van der Waals surface area contributed by atoms with E-state index in [0.29, 0.717) is 0 Å². The molecule has 90 valence electrons. The Bertz CT molecular complexity index is 457. The Balaban J connectivity index is 1.99. The monoisotopic (exact) mass is 248 g/mol. The number of nitrogens with zero attached hydrogens (tertiary/aromatic N) is 2. The Labute approximate surface area is 106 Å². The lowest BCUT2D eigenvalue weighted by Crippen LogP contribution is -2.10. The second-order valence-electron chi connectivity index (χ2n) is 4.91. The summed E-state index contributed by atoms with van der Waals surface area (Å²) in [5.41, 5.74) is 1.55. The van der Waals surface area contributed by atoms with E-state index in [9.17, 15) is 0 Å². The van der Waals surface area contributed by atoms with Crippen LogP contribution in [0, 0.1) is 0 Å². The zero-order valence-electron chi connectivity index (χ0n) is 10.3. The second-order valence-corrected chi connectivity index (χ2v) is 5.96. The largest absolute Gasteiger partial charge is 0.343 e. The molecular formula is C13H16N2OS. The maximum Gasteiger partial charge on any atom is 0.213 e. The third kappa shape index (κ3) is 3.33. The van der Waals surface area contributed by atoms with Crippen LogP contribution < -0.4 is 0 Å². The summed E-state index contributed by atoms with van der Waals surface area (Å²) in [6, 6.07) is 8.65. The average Bonchev–Trinajstić information content (AvgIpc) is 2.78. The van der Waals surface area contributed by atoms with Gasteiger partial charge in [-0.1, -0.05) is 38.1 Å². The maximum atomic E-state index is 4.69. The molecule has 1 heterocycles. The molecule has 0 unspecified atom stereocenters. The topological polar surface area (TPSA) is 38.9 Å². The molecule has 1 aromatic heterocycles. The predicted octanol–water partition coefficient (Wildman–Crippen LogP) is 3.66. The first kappa shape index (κ1) is 12.2. The highest BCUT2D eigenvalue weighted by molar-refractivity contribution is 7.98. The quantitative estimate of drug-likeness (QED) is 0.777. The van der Waals surface area contributed by atoms with E-state index in [1.54, 1.807) is 11.8 Å². The highest BCUT2D eigenvalue weighted by atomic mass is 32.2. The van der Waals surface area contributed by atoms with Crippen molar-refractivity contribution < 1.29 is 4.52 Å². The van der Waals surface area contributed by atoms with Crippen LogP contribution in [0.2, 0.25) is 0 Å². The van der Waals surface area contributed by atoms with Gasteiger partial charge in [-0.25, -0.2) is 0 Å². The molecule has 0 saturated heterocycles. The molecule has 2 aromatic rings. The summed E-state index contributed by atoms with van der Waals surface area (Å²) in [4.78, 5) is 5.21. The van der Waals surface area contributed by atoms with Crippen LogP contribution in [0.25, 0.3) is 0 Å². The molecule has 0 spiro atoms. The van der Waals surface area contributed by atoms with Crippen LogP contribution >= 0.6 is 11.8 Å². The average molecular weight is 248 g/mol. The van der Waals surface area contributed by atoms with Crippen LogP contribution in [0.5, 0.6) is 0 Å². The zero-order valence-corrected chi connectivity index (χ0v) is 11.1. The first-order valence-corrected chi connectivity index (χ1v) is 6.53. The minimum atomic E-state index is 0.205. The first-order valence-electron chi connectivity index (χ1n) is 5.54. The van der Waals surface area contributed by atoms with Crippen LogP contribution in [0.1, 0.15) is 32.2 Å². The molecule has 0 fully saturated rings. The van der Waals surface area contributed by atoms with Gasteiger partial charge in [0.1, 0.15) is 0 Å². The number of thioether (sulfide) groups is 1. The molecule has 17 heavy (non-hydrogen) atoms. The van der Waals surface area contributed by atoms with Crippen molar-refractivity contribution >= 4 is 11.8 Å². The molecule has 0 aliphatic rings. The van der Waals surface area contributed by atoms with Gasteiger partial charge in [0.15, 0.2) is 5.82 Å². The van der Waals surface area contributed by atoms with Gasteiger partial charge in [-0.3, -0.25) is 0 Å². The molecule has 0 saturated carbocycles. The third-order valence-electron chi connectivity index (χ3n) is 2.50. The van der Waals surface area contributed by atoms with Crippen LogP contribution in [0.3, 0.4) is 0 Å². The summed E-state index contributed by atoms with van der Waals surface area (Å²) < 4.78 is 4.69. The number of hydrogen-bond acceptors (Lipinski definition) is 4. The van der Waals surface area contributed by atoms with Gasteiger partial charge in [-0.2, -0.15) is 4.98 Å². The van der Waals surface area contributed by atoms with Crippen LogP contribution in [0.4, 0.5) is 0 Å². The van der Waals surface area contributed by atoms with Crippen molar-refractivity contribution in [2.75, 3.05) is 0 Å². The Morgan fingerprint density at radius 1 is 1.18 bits per heavy atom. The number of benzene rings is 1. The summed E-state index contributed by atoms with van der Waals surface area (Å²) in [5.74, 6) is 1.47. The van der Waals surface area contributed by atoms with E-state index in [-0.39, 0.29) is 5.41 Å². The molecule has 0 aliphatic carbocycles. The lowest BCUT2D eigenvalue weighted by atomic mass is 9.87. The SMILES string of the molecule is CC(C)(C)c1ccc(SCc2ncon2)cc1. The van der Waals surface area contributed by atoms with E-state index >= 15 is 0 Å².